The standard InChI is InChI=1S/C9H18O3/c1-5-7(9(11)12-4)8(10)6(2)3/h6-8,10H,5H2,1-4H3. The van der Waals surface area contributed by atoms with Gasteiger partial charge in [-0.3, -0.25) is 4.79 Å². The Morgan fingerprint density at radius 1 is 1.50 bits per heavy atom. The summed E-state index contributed by atoms with van der Waals surface area (Å²) in [6.45, 7) is 5.64. The van der Waals surface area contributed by atoms with E-state index in [2.05, 4.69) is 4.74 Å². The number of esters is 1. The van der Waals surface area contributed by atoms with Crippen LogP contribution in [0, 0.1) is 11.8 Å². The molecule has 0 aromatic heterocycles. The Morgan fingerprint density at radius 3 is 2.25 bits per heavy atom. The summed E-state index contributed by atoms with van der Waals surface area (Å²) in [5.74, 6) is -0.609. The molecule has 0 rings (SSSR count). The molecule has 0 aliphatic carbocycles. The summed E-state index contributed by atoms with van der Waals surface area (Å²) in [7, 11) is 1.35. The zero-order chi connectivity index (χ0) is 9.72. The lowest BCUT2D eigenvalue weighted by Gasteiger charge is -2.22. The monoisotopic (exact) mass is 174 g/mol. The molecule has 2 atom stereocenters. The number of methoxy groups -OCH3 is 1. The predicted octanol–water partition coefficient (Wildman–Crippen LogP) is 1.20. The van der Waals surface area contributed by atoms with E-state index in [0.717, 1.165) is 0 Å². The molecule has 72 valence electrons. The van der Waals surface area contributed by atoms with Crippen molar-refractivity contribution < 1.29 is 14.6 Å². The molecule has 0 fully saturated rings. The number of aliphatic hydroxyl groups excluding tert-OH is 1. The van der Waals surface area contributed by atoms with Gasteiger partial charge in [-0.1, -0.05) is 20.8 Å². The Labute approximate surface area is 73.7 Å². The SMILES string of the molecule is CCC(C(=O)OC)C(O)C(C)C. The minimum absolute atomic E-state index is 0.0917. The van der Waals surface area contributed by atoms with Gasteiger partial charge in [-0.2, -0.15) is 0 Å². The number of ether oxygens (including phenoxy) is 1. The van der Waals surface area contributed by atoms with Crippen molar-refractivity contribution in [3.05, 3.63) is 0 Å². The number of carbonyl (C=O) groups is 1. The van der Waals surface area contributed by atoms with Crippen LogP contribution in [0.2, 0.25) is 0 Å². The largest absolute Gasteiger partial charge is 0.469 e. The first-order chi connectivity index (χ1) is 5.54. The maximum absolute atomic E-state index is 11.1. The van der Waals surface area contributed by atoms with Crippen LogP contribution in [0.1, 0.15) is 27.2 Å². The fourth-order valence-corrected chi connectivity index (χ4v) is 1.16. The van der Waals surface area contributed by atoms with Crippen molar-refractivity contribution in [2.45, 2.75) is 33.3 Å². The molecule has 0 amide bonds. The van der Waals surface area contributed by atoms with Crippen molar-refractivity contribution in [2.24, 2.45) is 11.8 Å². The van der Waals surface area contributed by atoms with Crippen LogP contribution in [0.3, 0.4) is 0 Å². The molecule has 0 spiro atoms. The lowest BCUT2D eigenvalue weighted by Crippen LogP contribution is -2.32. The number of carbonyl (C=O) groups excluding carboxylic acids is 1. The molecule has 0 aromatic rings. The summed E-state index contributed by atoms with van der Waals surface area (Å²) < 4.78 is 4.58. The topological polar surface area (TPSA) is 46.5 Å². The first-order valence-electron chi connectivity index (χ1n) is 4.30. The molecule has 3 nitrogen and oxygen atoms in total. The van der Waals surface area contributed by atoms with Crippen molar-refractivity contribution in [3.8, 4) is 0 Å². The fourth-order valence-electron chi connectivity index (χ4n) is 1.16. The maximum atomic E-state index is 11.1. The third-order valence-corrected chi connectivity index (χ3v) is 2.04. The third-order valence-electron chi connectivity index (χ3n) is 2.04. The molecule has 3 heteroatoms. The quantitative estimate of drug-likeness (QED) is 0.651. The molecular weight excluding hydrogens is 156 g/mol. The first kappa shape index (κ1) is 11.4. The van der Waals surface area contributed by atoms with Crippen LogP contribution < -0.4 is 0 Å². The van der Waals surface area contributed by atoms with E-state index in [9.17, 15) is 9.90 Å². The summed E-state index contributed by atoms with van der Waals surface area (Å²) in [6.07, 6.45) is 0.0221. The highest BCUT2D eigenvalue weighted by Crippen LogP contribution is 2.17. The van der Waals surface area contributed by atoms with Crippen molar-refractivity contribution in [1.29, 1.82) is 0 Å². The Balaban J connectivity index is 4.23. The highest BCUT2D eigenvalue weighted by atomic mass is 16.5. The van der Waals surface area contributed by atoms with Crippen molar-refractivity contribution in [3.63, 3.8) is 0 Å². The minimum atomic E-state index is -0.595. The van der Waals surface area contributed by atoms with Gasteiger partial charge in [0.15, 0.2) is 0 Å². The molecule has 12 heavy (non-hydrogen) atoms. The van der Waals surface area contributed by atoms with Crippen LogP contribution in [-0.2, 0) is 9.53 Å². The lowest BCUT2D eigenvalue weighted by molar-refractivity contribution is -0.150. The molecule has 0 heterocycles. The Kier molecular flexibility index (Phi) is 4.90. The molecule has 0 saturated heterocycles. The van der Waals surface area contributed by atoms with E-state index in [1.54, 1.807) is 0 Å². The van der Waals surface area contributed by atoms with Gasteiger partial charge >= 0.3 is 5.97 Å². The molecule has 0 aliphatic rings. The normalized spacial score (nSPS) is 15.8. The van der Waals surface area contributed by atoms with E-state index >= 15 is 0 Å². The number of hydrogen-bond donors (Lipinski definition) is 1. The second kappa shape index (κ2) is 5.14. The molecule has 1 N–H and O–H groups in total. The molecule has 0 saturated carbocycles. The number of rotatable bonds is 4. The molecule has 0 aliphatic heterocycles. The van der Waals surface area contributed by atoms with Gasteiger partial charge in [-0.15, -0.1) is 0 Å². The summed E-state index contributed by atoms with van der Waals surface area (Å²) in [5, 5.41) is 9.59. The Hall–Kier alpha value is -0.570. The highest BCUT2D eigenvalue weighted by molar-refractivity contribution is 5.72. The van der Waals surface area contributed by atoms with Gasteiger partial charge in [-0.05, 0) is 12.3 Å². The lowest BCUT2D eigenvalue weighted by atomic mass is 9.91. The number of hydrogen-bond acceptors (Lipinski definition) is 3. The van der Waals surface area contributed by atoms with Crippen LogP contribution in [-0.4, -0.2) is 24.3 Å². The molecule has 0 bridgehead atoms. The summed E-state index contributed by atoms with van der Waals surface area (Å²) >= 11 is 0. The van der Waals surface area contributed by atoms with E-state index in [4.69, 9.17) is 0 Å². The van der Waals surface area contributed by atoms with Gasteiger partial charge in [0.05, 0.1) is 19.1 Å². The highest BCUT2D eigenvalue weighted by Gasteiger charge is 2.27. The molecule has 0 aromatic carbocycles. The van der Waals surface area contributed by atoms with Gasteiger partial charge < -0.3 is 9.84 Å². The van der Waals surface area contributed by atoms with Crippen LogP contribution in [0.4, 0.5) is 0 Å². The maximum Gasteiger partial charge on any atom is 0.311 e. The van der Waals surface area contributed by atoms with Crippen LogP contribution >= 0.6 is 0 Å². The second-order valence-electron chi connectivity index (χ2n) is 3.27. The predicted molar refractivity (Wildman–Crippen MR) is 46.6 cm³/mol. The van der Waals surface area contributed by atoms with E-state index in [0.29, 0.717) is 6.42 Å². The summed E-state index contributed by atoms with van der Waals surface area (Å²) in [4.78, 5) is 11.1. The van der Waals surface area contributed by atoms with E-state index in [-0.39, 0.29) is 17.8 Å². The van der Waals surface area contributed by atoms with Gasteiger partial charge in [-0.25, -0.2) is 0 Å². The Morgan fingerprint density at radius 2 is 2.00 bits per heavy atom. The Bertz CT molecular complexity index is 143. The van der Waals surface area contributed by atoms with Gasteiger partial charge in [0.25, 0.3) is 0 Å². The summed E-state index contributed by atoms with van der Waals surface area (Å²) in [6, 6.07) is 0. The van der Waals surface area contributed by atoms with Crippen molar-refractivity contribution >= 4 is 5.97 Å². The molecule has 2 unspecified atom stereocenters. The van der Waals surface area contributed by atoms with E-state index in [1.807, 2.05) is 20.8 Å². The minimum Gasteiger partial charge on any atom is -0.469 e. The van der Waals surface area contributed by atoms with Crippen molar-refractivity contribution in [1.82, 2.24) is 0 Å². The van der Waals surface area contributed by atoms with E-state index in [1.165, 1.54) is 7.11 Å². The third kappa shape index (κ3) is 2.81. The summed E-state index contributed by atoms with van der Waals surface area (Å²) in [5.41, 5.74) is 0. The van der Waals surface area contributed by atoms with E-state index < -0.39 is 6.10 Å². The van der Waals surface area contributed by atoms with Crippen LogP contribution in [0.5, 0.6) is 0 Å². The van der Waals surface area contributed by atoms with Crippen LogP contribution in [0.25, 0.3) is 0 Å². The fraction of sp³-hybridized carbons (Fsp3) is 0.889. The van der Waals surface area contributed by atoms with Crippen molar-refractivity contribution in [2.75, 3.05) is 7.11 Å². The molecule has 0 radical (unpaired) electrons. The zero-order valence-corrected chi connectivity index (χ0v) is 8.20. The van der Waals surface area contributed by atoms with Crippen LogP contribution in [0.15, 0.2) is 0 Å². The first-order valence-corrected chi connectivity index (χ1v) is 4.30. The smallest absolute Gasteiger partial charge is 0.311 e. The zero-order valence-electron chi connectivity index (χ0n) is 8.20. The number of aliphatic hydroxyl groups is 1. The second-order valence-corrected chi connectivity index (χ2v) is 3.27. The average molecular weight is 174 g/mol. The van der Waals surface area contributed by atoms with Gasteiger partial charge in [0.1, 0.15) is 0 Å². The van der Waals surface area contributed by atoms with Gasteiger partial charge in [0, 0.05) is 0 Å². The molecular formula is C9H18O3. The average Bonchev–Trinajstić information content (AvgIpc) is 2.05. The van der Waals surface area contributed by atoms with Gasteiger partial charge in [0.2, 0.25) is 0 Å².